The molecule has 6 heteroatoms. The second-order valence-corrected chi connectivity index (χ2v) is 5.80. The van der Waals surface area contributed by atoms with E-state index < -0.39 is 5.97 Å². The molecule has 0 amide bonds. The Hall–Kier alpha value is -1.01. The van der Waals surface area contributed by atoms with Gasteiger partial charge >= 0.3 is 5.97 Å². The van der Waals surface area contributed by atoms with Crippen molar-refractivity contribution in [1.82, 2.24) is 9.55 Å². The van der Waals surface area contributed by atoms with Gasteiger partial charge in [0.1, 0.15) is 0 Å². The fraction of sp³-hybridized carbons (Fsp3) is 0.667. The summed E-state index contributed by atoms with van der Waals surface area (Å²) in [6.07, 6.45) is 3.85. The van der Waals surface area contributed by atoms with Gasteiger partial charge in [-0.05, 0) is 26.7 Å². The molecule has 0 radical (unpaired) electrons. The molecule has 2 heterocycles. The number of thioether (sulfide) groups is 1. The average molecular weight is 270 g/mol. The van der Waals surface area contributed by atoms with E-state index in [1.165, 1.54) is 11.8 Å². The zero-order chi connectivity index (χ0) is 13.2. The lowest BCUT2D eigenvalue weighted by Gasteiger charge is -2.36. The number of hydrogen-bond acceptors (Lipinski definition) is 4. The molecule has 1 aliphatic heterocycles. The third-order valence-corrected chi connectivity index (χ3v) is 4.12. The minimum atomic E-state index is -0.822. The van der Waals surface area contributed by atoms with Crippen LogP contribution >= 0.6 is 11.8 Å². The zero-order valence-corrected chi connectivity index (χ0v) is 11.5. The number of aromatic nitrogens is 2. The fourth-order valence-electron chi connectivity index (χ4n) is 2.40. The first-order valence-electron chi connectivity index (χ1n) is 6.00. The van der Waals surface area contributed by atoms with Gasteiger partial charge in [0, 0.05) is 18.5 Å². The van der Waals surface area contributed by atoms with Crippen molar-refractivity contribution in [2.75, 3.05) is 19.0 Å². The number of aryl methyl sites for hydroxylation is 1. The maximum Gasteiger partial charge on any atom is 0.313 e. The Balaban J connectivity index is 2.25. The van der Waals surface area contributed by atoms with Crippen LogP contribution in [0.15, 0.2) is 11.4 Å². The van der Waals surface area contributed by atoms with Crippen LogP contribution in [-0.4, -0.2) is 39.6 Å². The predicted molar refractivity (Wildman–Crippen MR) is 69.0 cm³/mol. The minimum Gasteiger partial charge on any atom is -0.481 e. The second kappa shape index (κ2) is 5.32. The van der Waals surface area contributed by atoms with Crippen molar-refractivity contribution in [2.45, 2.75) is 37.4 Å². The summed E-state index contributed by atoms with van der Waals surface area (Å²) in [4.78, 5) is 15.0. The first kappa shape index (κ1) is 13.4. The number of carboxylic acid groups (broad SMARTS) is 1. The Kier molecular flexibility index (Phi) is 3.97. The van der Waals surface area contributed by atoms with Gasteiger partial charge in [0.2, 0.25) is 0 Å². The van der Waals surface area contributed by atoms with E-state index in [4.69, 9.17) is 9.84 Å². The second-order valence-electron chi connectivity index (χ2n) is 4.85. The number of carboxylic acids is 1. The highest BCUT2D eigenvalue weighted by atomic mass is 32.2. The van der Waals surface area contributed by atoms with E-state index in [1.807, 2.05) is 6.92 Å². The summed E-state index contributed by atoms with van der Waals surface area (Å²) < 4.78 is 7.70. The van der Waals surface area contributed by atoms with Crippen LogP contribution in [0.3, 0.4) is 0 Å². The van der Waals surface area contributed by atoms with E-state index in [1.54, 1.807) is 6.20 Å². The predicted octanol–water partition coefficient (Wildman–Crippen LogP) is 1.89. The number of carbonyl (C=O) groups is 1. The molecule has 1 fully saturated rings. The lowest BCUT2D eigenvalue weighted by atomic mass is 9.94. The average Bonchev–Trinajstić information content (AvgIpc) is 2.69. The van der Waals surface area contributed by atoms with Gasteiger partial charge in [0.25, 0.3) is 0 Å². The van der Waals surface area contributed by atoms with Gasteiger partial charge in [-0.2, -0.15) is 0 Å². The first-order valence-corrected chi connectivity index (χ1v) is 6.99. The van der Waals surface area contributed by atoms with Crippen molar-refractivity contribution < 1.29 is 14.6 Å². The summed E-state index contributed by atoms with van der Waals surface area (Å²) in [6.45, 7) is 5.61. The van der Waals surface area contributed by atoms with E-state index in [0.29, 0.717) is 6.61 Å². The molecule has 100 valence electrons. The summed E-state index contributed by atoms with van der Waals surface area (Å²) in [7, 11) is 0. The normalized spacial score (nSPS) is 24.1. The molecule has 0 aliphatic carbocycles. The number of ether oxygens (including phenoxy) is 1. The zero-order valence-electron chi connectivity index (χ0n) is 10.7. The Morgan fingerprint density at radius 3 is 3.11 bits per heavy atom. The molecule has 1 unspecified atom stereocenters. The third kappa shape index (κ3) is 2.70. The van der Waals surface area contributed by atoms with E-state index in [2.05, 4.69) is 16.5 Å². The quantitative estimate of drug-likeness (QED) is 0.846. The van der Waals surface area contributed by atoms with Crippen LogP contribution in [0.5, 0.6) is 0 Å². The number of nitrogens with zero attached hydrogens (tertiary/aromatic N) is 2. The molecule has 2 rings (SSSR count). The Morgan fingerprint density at radius 2 is 2.50 bits per heavy atom. The Bertz CT molecular complexity index is 439. The number of aliphatic carboxylic acids is 1. The molecule has 0 aromatic carbocycles. The number of rotatable bonds is 4. The molecule has 5 nitrogen and oxygen atoms in total. The molecule has 1 atom stereocenters. The molecular formula is C12H18N2O3S. The highest BCUT2D eigenvalue weighted by molar-refractivity contribution is 7.99. The van der Waals surface area contributed by atoms with Gasteiger partial charge in [-0.25, -0.2) is 4.98 Å². The highest BCUT2D eigenvalue weighted by Crippen LogP contribution is 2.32. The van der Waals surface area contributed by atoms with Crippen LogP contribution in [0.2, 0.25) is 0 Å². The molecule has 1 saturated heterocycles. The SMILES string of the molecule is Cc1cnc(SCC(=O)O)n1C1(C)CCCOC1. The monoisotopic (exact) mass is 270 g/mol. The van der Waals surface area contributed by atoms with E-state index in [-0.39, 0.29) is 11.3 Å². The molecule has 1 N–H and O–H groups in total. The maximum atomic E-state index is 10.7. The van der Waals surface area contributed by atoms with E-state index in [0.717, 1.165) is 30.3 Å². The van der Waals surface area contributed by atoms with Gasteiger partial charge in [-0.3, -0.25) is 4.79 Å². The Morgan fingerprint density at radius 1 is 1.72 bits per heavy atom. The molecule has 1 aromatic heterocycles. The van der Waals surface area contributed by atoms with Crippen molar-refractivity contribution >= 4 is 17.7 Å². The van der Waals surface area contributed by atoms with Crippen LogP contribution in [0, 0.1) is 6.92 Å². The molecule has 1 aliphatic rings. The summed E-state index contributed by atoms with van der Waals surface area (Å²) in [5.74, 6) is -0.787. The number of hydrogen-bond donors (Lipinski definition) is 1. The molecular weight excluding hydrogens is 252 g/mol. The Labute approximate surface area is 111 Å². The molecule has 0 spiro atoms. The lowest BCUT2D eigenvalue weighted by Crippen LogP contribution is -2.40. The summed E-state index contributed by atoms with van der Waals surface area (Å²) in [6, 6.07) is 0. The van der Waals surface area contributed by atoms with Crippen molar-refractivity contribution in [3.63, 3.8) is 0 Å². The minimum absolute atomic E-state index is 0.0351. The fourth-order valence-corrected chi connectivity index (χ4v) is 3.27. The van der Waals surface area contributed by atoms with E-state index in [9.17, 15) is 4.79 Å². The van der Waals surface area contributed by atoms with Crippen molar-refractivity contribution in [1.29, 1.82) is 0 Å². The van der Waals surface area contributed by atoms with Gasteiger partial charge in [-0.15, -0.1) is 0 Å². The smallest absolute Gasteiger partial charge is 0.313 e. The van der Waals surface area contributed by atoms with Crippen molar-refractivity contribution in [3.05, 3.63) is 11.9 Å². The van der Waals surface area contributed by atoms with Gasteiger partial charge < -0.3 is 14.4 Å². The standard InChI is InChI=1S/C12H18N2O3S/c1-9-6-13-11(18-7-10(15)16)14(9)12(2)4-3-5-17-8-12/h6H,3-5,7-8H2,1-2H3,(H,15,16). The summed E-state index contributed by atoms with van der Waals surface area (Å²) in [5.41, 5.74) is 0.940. The molecule has 1 aromatic rings. The van der Waals surface area contributed by atoms with Crippen molar-refractivity contribution in [2.24, 2.45) is 0 Å². The van der Waals surface area contributed by atoms with Crippen LogP contribution in [0.4, 0.5) is 0 Å². The van der Waals surface area contributed by atoms with Crippen LogP contribution in [-0.2, 0) is 15.1 Å². The molecule has 18 heavy (non-hydrogen) atoms. The lowest BCUT2D eigenvalue weighted by molar-refractivity contribution is -0.133. The third-order valence-electron chi connectivity index (χ3n) is 3.19. The maximum absolute atomic E-state index is 10.7. The highest BCUT2D eigenvalue weighted by Gasteiger charge is 2.32. The summed E-state index contributed by atoms with van der Waals surface area (Å²) in [5, 5.41) is 9.53. The van der Waals surface area contributed by atoms with Gasteiger partial charge in [0.05, 0.1) is 17.9 Å². The molecule has 0 bridgehead atoms. The van der Waals surface area contributed by atoms with Crippen LogP contribution in [0.25, 0.3) is 0 Å². The van der Waals surface area contributed by atoms with Crippen LogP contribution < -0.4 is 0 Å². The largest absolute Gasteiger partial charge is 0.481 e. The topological polar surface area (TPSA) is 64.3 Å². The van der Waals surface area contributed by atoms with Crippen molar-refractivity contribution in [3.8, 4) is 0 Å². The first-order chi connectivity index (χ1) is 8.53. The van der Waals surface area contributed by atoms with Gasteiger partial charge in [-0.1, -0.05) is 11.8 Å². The van der Waals surface area contributed by atoms with E-state index >= 15 is 0 Å². The molecule has 0 saturated carbocycles. The number of imidazole rings is 1. The van der Waals surface area contributed by atoms with Crippen LogP contribution in [0.1, 0.15) is 25.5 Å². The van der Waals surface area contributed by atoms with Gasteiger partial charge in [0.15, 0.2) is 5.16 Å². The summed E-state index contributed by atoms with van der Waals surface area (Å²) >= 11 is 1.26.